The molecule has 1 aromatic carbocycles. The summed E-state index contributed by atoms with van der Waals surface area (Å²) < 4.78 is 0. The van der Waals surface area contributed by atoms with Crippen LogP contribution >= 0.6 is 0 Å². The molecule has 3 aliphatic rings. The van der Waals surface area contributed by atoms with Gasteiger partial charge in [-0.2, -0.15) is 5.48 Å². The molecule has 2 amide bonds. The zero-order valence-electron chi connectivity index (χ0n) is 19.2. The van der Waals surface area contributed by atoms with Gasteiger partial charge >= 0.3 is 0 Å². The van der Waals surface area contributed by atoms with E-state index in [0.717, 1.165) is 40.6 Å². The monoisotopic (exact) mass is 448 g/mol. The van der Waals surface area contributed by atoms with E-state index in [9.17, 15) is 19.8 Å². The maximum absolute atomic E-state index is 13.6. The third-order valence-electron chi connectivity index (χ3n) is 6.38. The molecule has 7 nitrogen and oxygen atoms in total. The summed E-state index contributed by atoms with van der Waals surface area (Å²) in [6.07, 6.45) is 7.52. The molecule has 1 heterocycles. The van der Waals surface area contributed by atoms with E-state index in [-0.39, 0.29) is 35.5 Å². The fourth-order valence-electron chi connectivity index (χ4n) is 4.36. The topological polar surface area (TPSA) is 99.1 Å². The maximum Gasteiger partial charge on any atom is 0.266 e. The number of nitrogens with one attached hydrogen (secondary N) is 1. The van der Waals surface area contributed by atoms with Crippen LogP contribution in [0.15, 0.2) is 76.6 Å². The Hall–Kier alpha value is -3.74. The maximum atomic E-state index is 13.6. The molecule has 1 aliphatic heterocycles. The van der Waals surface area contributed by atoms with E-state index in [1.54, 1.807) is 11.8 Å². The summed E-state index contributed by atoms with van der Waals surface area (Å²) in [6, 6.07) is 5.95. The fraction of sp³-hybridized carbons (Fsp3) is 0.308. The van der Waals surface area contributed by atoms with Gasteiger partial charge in [0.1, 0.15) is 23.2 Å². The number of allylic oxidation sites excluding steroid dienone is 6. The number of amides is 2. The summed E-state index contributed by atoms with van der Waals surface area (Å²) in [6.45, 7) is 7.77. The largest absolute Gasteiger partial charge is 0.511 e. The molecule has 1 unspecified atom stereocenters. The van der Waals surface area contributed by atoms with Crippen LogP contribution in [0, 0.1) is 25.7 Å². The van der Waals surface area contributed by atoms with Crippen LogP contribution in [-0.4, -0.2) is 22.0 Å². The molecule has 0 saturated carbocycles. The van der Waals surface area contributed by atoms with Gasteiger partial charge in [-0.1, -0.05) is 25.1 Å². The second-order valence-electron chi connectivity index (χ2n) is 8.73. The third-order valence-corrected chi connectivity index (χ3v) is 6.38. The summed E-state index contributed by atoms with van der Waals surface area (Å²) in [5, 5.41) is 19.4. The van der Waals surface area contributed by atoms with Gasteiger partial charge in [-0.3, -0.25) is 14.5 Å². The summed E-state index contributed by atoms with van der Waals surface area (Å²) in [5.74, 6) is -1.56. The normalized spacial score (nSPS) is 23.8. The van der Waals surface area contributed by atoms with Crippen molar-refractivity contribution in [3.63, 3.8) is 0 Å². The molecule has 172 valence electrons. The Bertz CT molecular complexity index is 1190. The molecule has 2 aliphatic carbocycles. The predicted octanol–water partition coefficient (Wildman–Crippen LogP) is 4.73. The van der Waals surface area contributed by atoms with Crippen LogP contribution in [0.5, 0.6) is 0 Å². The van der Waals surface area contributed by atoms with Gasteiger partial charge in [-0.15, -0.1) is 0 Å². The van der Waals surface area contributed by atoms with Crippen molar-refractivity contribution >= 4 is 17.5 Å². The van der Waals surface area contributed by atoms with Crippen LogP contribution in [0.4, 0.5) is 5.69 Å². The molecule has 0 aromatic heterocycles. The summed E-state index contributed by atoms with van der Waals surface area (Å²) >= 11 is 0. The Morgan fingerprint density at radius 2 is 1.94 bits per heavy atom. The Labute approximate surface area is 193 Å². The van der Waals surface area contributed by atoms with E-state index in [4.69, 9.17) is 4.84 Å². The molecular formula is C26H28N2O5. The molecule has 0 fully saturated rings. The number of carbonyl (C=O) groups is 2. The van der Waals surface area contributed by atoms with Gasteiger partial charge in [0.2, 0.25) is 0 Å². The standard InChI is InChI=1S/C26H28N2O5/c1-14-8-9-18(12-16(14)3)28-24-15(2)6-5-7-21(24)23(26(28)32)17(4)33-27-25(31)20-11-10-19(29)13-22(20)30/h5,7-10,12-13,15,20,29-30H,6,11H2,1-4H3,(H,27,31)/b23-17-/t15-,20?/m1/s1. The van der Waals surface area contributed by atoms with Gasteiger partial charge in [0.15, 0.2) is 0 Å². The zero-order chi connectivity index (χ0) is 23.9. The van der Waals surface area contributed by atoms with Crippen LogP contribution in [0.1, 0.15) is 37.8 Å². The Morgan fingerprint density at radius 1 is 1.18 bits per heavy atom. The zero-order valence-corrected chi connectivity index (χ0v) is 19.2. The van der Waals surface area contributed by atoms with Crippen LogP contribution in [0.25, 0.3) is 0 Å². The highest BCUT2D eigenvalue weighted by Gasteiger charge is 2.40. The lowest BCUT2D eigenvalue weighted by Gasteiger charge is -2.26. The molecule has 0 radical (unpaired) electrons. The summed E-state index contributed by atoms with van der Waals surface area (Å²) in [7, 11) is 0. The van der Waals surface area contributed by atoms with Crippen molar-refractivity contribution in [3.8, 4) is 0 Å². The molecule has 7 heteroatoms. The molecule has 1 aromatic rings. The highest BCUT2D eigenvalue weighted by atomic mass is 16.7. The average molecular weight is 449 g/mol. The fourth-order valence-corrected chi connectivity index (χ4v) is 4.36. The van der Waals surface area contributed by atoms with Crippen molar-refractivity contribution in [2.45, 2.75) is 40.5 Å². The van der Waals surface area contributed by atoms with Crippen molar-refractivity contribution in [2.75, 3.05) is 4.90 Å². The number of benzene rings is 1. The number of hydroxylamine groups is 1. The summed E-state index contributed by atoms with van der Waals surface area (Å²) in [5.41, 5.74) is 7.50. The highest BCUT2D eigenvalue weighted by molar-refractivity contribution is 6.15. The molecule has 3 N–H and O–H groups in total. The second kappa shape index (κ2) is 8.65. The molecular weight excluding hydrogens is 420 g/mol. The van der Waals surface area contributed by atoms with E-state index in [0.29, 0.717) is 5.57 Å². The van der Waals surface area contributed by atoms with Crippen LogP contribution in [0.2, 0.25) is 0 Å². The lowest BCUT2D eigenvalue weighted by molar-refractivity contribution is -0.134. The Balaban J connectivity index is 1.63. The highest BCUT2D eigenvalue weighted by Crippen LogP contribution is 2.43. The van der Waals surface area contributed by atoms with Crippen LogP contribution in [-0.2, 0) is 14.4 Å². The summed E-state index contributed by atoms with van der Waals surface area (Å²) in [4.78, 5) is 33.4. The van der Waals surface area contributed by atoms with E-state index >= 15 is 0 Å². The third kappa shape index (κ3) is 4.06. The minimum atomic E-state index is -0.866. The van der Waals surface area contributed by atoms with Crippen LogP contribution < -0.4 is 10.4 Å². The number of aryl methyl sites for hydroxylation is 2. The first-order valence-corrected chi connectivity index (χ1v) is 11.0. The number of aliphatic hydroxyl groups is 2. The van der Waals surface area contributed by atoms with Crippen molar-refractivity contribution < 1.29 is 24.6 Å². The van der Waals surface area contributed by atoms with Crippen molar-refractivity contribution in [1.82, 2.24) is 5.48 Å². The Morgan fingerprint density at radius 3 is 2.64 bits per heavy atom. The number of hydrogen-bond donors (Lipinski definition) is 3. The van der Waals surface area contributed by atoms with Gasteiger partial charge in [0, 0.05) is 29.0 Å². The lowest BCUT2D eigenvalue weighted by atomic mass is 9.92. The first-order valence-electron chi connectivity index (χ1n) is 11.0. The van der Waals surface area contributed by atoms with Gasteiger partial charge in [0.05, 0.1) is 5.57 Å². The number of carbonyl (C=O) groups excluding carboxylic acids is 2. The number of anilines is 1. The molecule has 0 saturated heterocycles. The second-order valence-corrected chi connectivity index (χ2v) is 8.73. The van der Waals surface area contributed by atoms with E-state index in [2.05, 4.69) is 12.4 Å². The molecule has 0 spiro atoms. The minimum absolute atomic E-state index is 0.0866. The van der Waals surface area contributed by atoms with Crippen molar-refractivity contribution in [1.29, 1.82) is 0 Å². The van der Waals surface area contributed by atoms with Crippen molar-refractivity contribution in [3.05, 3.63) is 87.8 Å². The first kappa shape index (κ1) is 22.5. The minimum Gasteiger partial charge on any atom is -0.511 e. The van der Waals surface area contributed by atoms with E-state index < -0.39 is 11.8 Å². The predicted molar refractivity (Wildman–Crippen MR) is 125 cm³/mol. The molecule has 4 rings (SSSR count). The van der Waals surface area contributed by atoms with Crippen molar-refractivity contribution in [2.24, 2.45) is 11.8 Å². The van der Waals surface area contributed by atoms with Crippen LogP contribution in [0.3, 0.4) is 0 Å². The molecule has 0 bridgehead atoms. The van der Waals surface area contributed by atoms with Gasteiger partial charge in [-0.05, 0) is 62.9 Å². The smallest absolute Gasteiger partial charge is 0.266 e. The lowest BCUT2D eigenvalue weighted by Crippen LogP contribution is -2.33. The van der Waals surface area contributed by atoms with E-state index in [1.165, 1.54) is 6.08 Å². The first-order chi connectivity index (χ1) is 15.7. The van der Waals surface area contributed by atoms with E-state index in [1.807, 2.05) is 44.2 Å². The van der Waals surface area contributed by atoms with Gasteiger partial charge in [-0.25, -0.2) is 0 Å². The molecule has 33 heavy (non-hydrogen) atoms. The number of rotatable bonds is 4. The average Bonchev–Trinajstić information content (AvgIpc) is 3.07. The number of nitrogens with zero attached hydrogens (tertiary/aromatic N) is 1. The SMILES string of the molecule is C/C(ONC(=O)C1CC=C(O)C=C1O)=C1/C(=O)N(c2ccc(C)c(C)c2)C2=C1C=CC[C@H]2C. The Kier molecular flexibility index (Phi) is 5.89. The number of hydrogen-bond acceptors (Lipinski definition) is 5. The quantitative estimate of drug-likeness (QED) is 0.351. The van der Waals surface area contributed by atoms with Gasteiger partial charge in [0.25, 0.3) is 11.8 Å². The van der Waals surface area contributed by atoms with Gasteiger partial charge < -0.3 is 15.1 Å². The molecule has 2 atom stereocenters. The number of aliphatic hydroxyl groups excluding tert-OH is 2.